The van der Waals surface area contributed by atoms with E-state index in [4.69, 9.17) is 5.26 Å². The van der Waals surface area contributed by atoms with E-state index in [-0.39, 0.29) is 5.92 Å². The van der Waals surface area contributed by atoms with Gasteiger partial charge in [0.2, 0.25) is 0 Å². The first-order chi connectivity index (χ1) is 9.35. The molecule has 2 saturated heterocycles. The van der Waals surface area contributed by atoms with Gasteiger partial charge >= 0.3 is 0 Å². The van der Waals surface area contributed by atoms with Gasteiger partial charge in [-0.05, 0) is 37.1 Å². The minimum atomic E-state index is 0.259. The molecule has 0 amide bonds. The third kappa shape index (κ3) is 2.94. The highest BCUT2D eigenvalue weighted by molar-refractivity contribution is 5.10. The molecular formula is C15H20N4. The lowest BCUT2D eigenvalue weighted by molar-refractivity contribution is 0.226. The molecule has 1 aromatic heterocycles. The smallest absolute Gasteiger partial charge is 0.0669 e. The van der Waals surface area contributed by atoms with Gasteiger partial charge in [-0.2, -0.15) is 5.26 Å². The lowest BCUT2D eigenvalue weighted by Gasteiger charge is -2.23. The van der Waals surface area contributed by atoms with Crippen LogP contribution < -0.4 is 0 Å². The molecule has 0 bridgehead atoms. The zero-order chi connectivity index (χ0) is 13.1. The van der Waals surface area contributed by atoms with Gasteiger partial charge in [-0.3, -0.25) is 14.8 Å². The summed E-state index contributed by atoms with van der Waals surface area (Å²) in [5.41, 5.74) is 1.34. The molecule has 2 aliphatic heterocycles. The lowest BCUT2D eigenvalue weighted by atomic mass is 10.1. The van der Waals surface area contributed by atoms with Crippen LogP contribution in [0.15, 0.2) is 24.5 Å². The molecule has 0 aliphatic carbocycles. The second-order valence-electron chi connectivity index (χ2n) is 5.64. The van der Waals surface area contributed by atoms with E-state index in [9.17, 15) is 0 Å². The summed E-state index contributed by atoms with van der Waals surface area (Å²) in [6, 6.07) is 7.24. The topological polar surface area (TPSA) is 43.2 Å². The second-order valence-corrected chi connectivity index (χ2v) is 5.64. The van der Waals surface area contributed by atoms with Crippen molar-refractivity contribution in [1.82, 2.24) is 14.8 Å². The van der Waals surface area contributed by atoms with Crippen LogP contribution in [0.5, 0.6) is 0 Å². The number of hydrogen-bond acceptors (Lipinski definition) is 4. The van der Waals surface area contributed by atoms with Gasteiger partial charge < -0.3 is 0 Å². The summed E-state index contributed by atoms with van der Waals surface area (Å²) in [6.07, 6.45) is 6.02. The van der Waals surface area contributed by atoms with Crippen molar-refractivity contribution in [3.63, 3.8) is 0 Å². The largest absolute Gasteiger partial charge is 0.298 e. The predicted octanol–water partition coefficient (Wildman–Crippen LogP) is 1.50. The third-order valence-corrected chi connectivity index (χ3v) is 4.32. The lowest BCUT2D eigenvalue weighted by Crippen LogP contribution is -2.35. The van der Waals surface area contributed by atoms with E-state index in [1.54, 1.807) is 0 Å². The Hall–Kier alpha value is -1.44. The summed E-state index contributed by atoms with van der Waals surface area (Å²) in [5.74, 6) is 0.259. The Morgan fingerprint density at radius 2 is 2.05 bits per heavy atom. The number of aromatic nitrogens is 1. The first kappa shape index (κ1) is 12.6. The molecule has 0 aromatic carbocycles. The molecule has 0 N–H and O–H groups in total. The molecule has 0 spiro atoms. The fourth-order valence-corrected chi connectivity index (χ4v) is 3.22. The van der Waals surface area contributed by atoms with Crippen molar-refractivity contribution < 1.29 is 0 Å². The zero-order valence-electron chi connectivity index (χ0n) is 11.2. The van der Waals surface area contributed by atoms with E-state index in [1.165, 1.54) is 18.5 Å². The number of likely N-dealkylation sites (tertiary alicyclic amines) is 2. The number of pyridine rings is 1. The Morgan fingerprint density at radius 3 is 2.79 bits per heavy atom. The monoisotopic (exact) mass is 256 g/mol. The van der Waals surface area contributed by atoms with Crippen LogP contribution in [-0.2, 0) is 6.54 Å². The Balaban J connectivity index is 1.52. The van der Waals surface area contributed by atoms with Gasteiger partial charge in [0.15, 0.2) is 0 Å². The first-order valence-corrected chi connectivity index (χ1v) is 7.10. The van der Waals surface area contributed by atoms with Crippen LogP contribution >= 0.6 is 0 Å². The first-order valence-electron chi connectivity index (χ1n) is 7.10. The number of rotatable bonds is 3. The highest BCUT2D eigenvalue weighted by Gasteiger charge is 2.32. The fraction of sp³-hybridized carbons (Fsp3) is 0.600. The second kappa shape index (κ2) is 5.68. The van der Waals surface area contributed by atoms with E-state index in [2.05, 4.69) is 33.0 Å². The van der Waals surface area contributed by atoms with E-state index >= 15 is 0 Å². The average molecular weight is 256 g/mol. The molecule has 2 aliphatic rings. The number of hydrogen-bond donors (Lipinski definition) is 0. The normalized spacial score (nSPS) is 28.6. The van der Waals surface area contributed by atoms with Crippen LogP contribution in [0.2, 0.25) is 0 Å². The van der Waals surface area contributed by atoms with Gasteiger partial charge in [0.05, 0.1) is 12.0 Å². The molecule has 0 saturated carbocycles. The van der Waals surface area contributed by atoms with Gasteiger partial charge in [0, 0.05) is 44.6 Å². The maximum absolute atomic E-state index is 8.98. The highest BCUT2D eigenvalue weighted by Crippen LogP contribution is 2.24. The molecular weight excluding hydrogens is 236 g/mol. The minimum absolute atomic E-state index is 0.259. The van der Waals surface area contributed by atoms with Crippen molar-refractivity contribution in [3.8, 4) is 6.07 Å². The van der Waals surface area contributed by atoms with Crippen molar-refractivity contribution in [2.24, 2.45) is 5.92 Å². The number of nitriles is 1. The predicted molar refractivity (Wildman–Crippen MR) is 73.2 cm³/mol. The van der Waals surface area contributed by atoms with Crippen molar-refractivity contribution >= 4 is 0 Å². The van der Waals surface area contributed by atoms with E-state index in [0.29, 0.717) is 6.04 Å². The van der Waals surface area contributed by atoms with Crippen LogP contribution in [0.3, 0.4) is 0 Å². The fourth-order valence-electron chi connectivity index (χ4n) is 3.22. The SMILES string of the molecule is N#CC1CCN(C2CCN(Cc3ccncc3)C2)C1. The molecule has 4 nitrogen and oxygen atoms in total. The van der Waals surface area contributed by atoms with Crippen molar-refractivity contribution in [2.75, 3.05) is 26.2 Å². The molecule has 3 rings (SSSR count). The van der Waals surface area contributed by atoms with Gasteiger partial charge in [0.1, 0.15) is 0 Å². The molecule has 1 aromatic rings. The van der Waals surface area contributed by atoms with Crippen LogP contribution in [0.4, 0.5) is 0 Å². The van der Waals surface area contributed by atoms with E-state index in [1.807, 2.05) is 12.4 Å². The maximum atomic E-state index is 8.98. The van der Waals surface area contributed by atoms with Crippen LogP contribution in [0.1, 0.15) is 18.4 Å². The Bertz CT molecular complexity index is 453. The quantitative estimate of drug-likeness (QED) is 0.822. The Kier molecular flexibility index (Phi) is 3.77. The van der Waals surface area contributed by atoms with Crippen molar-refractivity contribution in [3.05, 3.63) is 30.1 Å². The Labute approximate surface area is 114 Å². The van der Waals surface area contributed by atoms with E-state index < -0.39 is 0 Å². The van der Waals surface area contributed by atoms with Gasteiger partial charge in [0.25, 0.3) is 0 Å². The Morgan fingerprint density at radius 1 is 1.21 bits per heavy atom. The summed E-state index contributed by atoms with van der Waals surface area (Å²) < 4.78 is 0. The van der Waals surface area contributed by atoms with Gasteiger partial charge in [-0.1, -0.05) is 0 Å². The van der Waals surface area contributed by atoms with Crippen molar-refractivity contribution in [1.29, 1.82) is 5.26 Å². The molecule has 2 fully saturated rings. The number of nitrogens with zero attached hydrogens (tertiary/aromatic N) is 4. The molecule has 3 heterocycles. The van der Waals surface area contributed by atoms with Crippen LogP contribution in [0, 0.1) is 17.2 Å². The van der Waals surface area contributed by atoms with Gasteiger partial charge in [-0.15, -0.1) is 0 Å². The van der Waals surface area contributed by atoms with Crippen LogP contribution in [-0.4, -0.2) is 47.0 Å². The molecule has 100 valence electrons. The van der Waals surface area contributed by atoms with Crippen LogP contribution in [0.25, 0.3) is 0 Å². The summed E-state index contributed by atoms with van der Waals surface area (Å²) in [5, 5.41) is 8.98. The third-order valence-electron chi connectivity index (χ3n) is 4.32. The van der Waals surface area contributed by atoms with Crippen molar-refractivity contribution in [2.45, 2.75) is 25.4 Å². The van der Waals surface area contributed by atoms with E-state index in [0.717, 1.165) is 32.6 Å². The summed E-state index contributed by atoms with van der Waals surface area (Å²) in [4.78, 5) is 9.09. The zero-order valence-corrected chi connectivity index (χ0v) is 11.2. The molecule has 19 heavy (non-hydrogen) atoms. The highest BCUT2D eigenvalue weighted by atomic mass is 15.3. The summed E-state index contributed by atoms with van der Waals surface area (Å²) in [7, 11) is 0. The average Bonchev–Trinajstić information content (AvgIpc) is 3.08. The minimum Gasteiger partial charge on any atom is -0.298 e. The summed E-state index contributed by atoms with van der Waals surface area (Å²) in [6.45, 7) is 5.41. The van der Waals surface area contributed by atoms with Gasteiger partial charge in [-0.25, -0.2) is 0 Å². The molecule has 4 heteroatoms. The summed E-state index contributed by atoms with van der Waals surface area (Å²) >= 11 is 0. The molecule has 0 radical (unpaired) electrons. The standard InChI is InChI=1S/C15H20N4/c16-9-14-3-8-19(11-14)15-4-7-18(12-15)10-13-1-5-17-6-2-13/h1-2,5-6,14-15H,3-4,7-8,10-12H2. The molecule has 2 atom stereocenters. The molecule has 2 unspecified atom stereocenters. The maximum Gasteiger partial charge on any atom is 0.0669 e.